The maximum atomic E-state index is 14.1. The highest BCUT2D eigenvalue weighted by Gasteiger charge is 2.63. The van der Waals surface area contributed by atoms with Crippen molar-refractivity contribution in [3.8, 4) is 11.6 Å². The van der Waals surface area contributed by atoms with Crippen LogP contribution in [0.4, 0.5) is 4.79 Å². The minimum absolute atomic E-state index is 0.0361. The first-order chi connectivity index (χ1) is 22.3. The van der Waals surface area contributed by atoms with Crippen LogP contribution in [0.3, 0.4) is 0 Å². The lowest BCUT2D eigenvalue weighted by Gasteiger charge is -2.35. The molecule has 1 aliphatic heterocycles. The molecule has 2 aromatic rings. The van der Waals surface area contributed by atoms with Crippen molar-refractivity contribution in [3.63, 3.8) is 0 Å². The van der Waals surface area contributed by atoms with Gasteiger partial charge in [-0.1, -0.05) is 26.8 Å². The fourth-order valence-electron chi connectivity index (χ4n) is 5.93. The summed E-state index contributed by atoms with van der Waals surface area (Å²) in [5, 5.41) is 14.5. The Morgan fingerprint density at radius 1 is 1.17 bits per heavy atom. The Morgan fingerprint density at radius 3 is 2.42 bits per heavy atom. The van der Waals surface area contributed by atoms with Gasteiger partial charge in [0.2, 0.25) is 27.7 Å². The van der Waals surface area contributed by atoms with E-state index >= 15 is 0 Å². The number of carbonyl (C=O) groups is 4. The molecule has 48 heavy (non-hydrogen) atoms. The van der Waals surface area contributed by atoms with Crippen LogP contribution in [-0.2, 0) is 24.4 Å². The largest absolute Gasteiger partial charge is 0.497 e. The van der Waals surface area contributed by atoms with Crippen molar-refractivity contribution in [1.82, 2.24) is 30.2 Å². The number of aryl methyl sites for hydroxylation is 1. The van der Waals surface area contributed by atoms with E-state index in [1.807, 2.05) is 0 Å². The van der Waals surface area contributed by atoms with Crippen molar-refractivity contribution in [1.29, 1.82) is 0 Å². The first-order valence-corrected chi connectivity index (χ1v) is 17.1. The second kappa shape index (κ2) is 12.2. The summed E-state index contributed by atoms with van der Waals surface area (Å²) >= 11 is 0. The fraction of sp³-hybridized carbons (Fsp3) is 0.562. The number of rotatable bonds is 11. The molecule has 260 valence electrons. The van der Waals surface area contributed by atoms with E-state index in [1.54, 1.807) is 52.8 Å². The Morgan fingerprint density at radius 2 is 1.85 bits per heavy atom. The lowest BCUT2D eigenvalue weighted by atomic mass is 9.85. The van der Waals surface area contributed by atoms with Crippen LogP contribution in [0.1, 0.15) is 59.1 Å². The number of nitrogens with one attached hydrogen (secondary N) is 3. The summed E-state index contributed by atoms with van der Waals surface area (Å²) in [6, 6.07) is 2.77. The molecule has 1 aromatic heterocycles. The molecule has 0 radical (unpaired) electrons. The summed E-state index contributed by atoms with van der Waals surface area (Å²) in [7, 11) is -2.47. The summed E-state index contributed by atoms with van der Waals surface area (Å²) in [6.45, 7) is 11.9. The Balaban J connectivity index is 1.44. The molecule has 0 bridgehead atoms. The second-order valence-corrected chi connectivity index (χ2v) is 16.3. The number of hydrogen-bond donors (Lipinski definition) is 4. The van der Waals surface area contributed by atoms with Crippen molar-refractivity contribution in [2.45, 2.75) is 88.8 Å². The summed E-state index contributed by atoms with van der Waals surface area (Å²) in [5.74, 6) is -2.08. The summed E-state index contributed by atoms with van der Waals surface area (Å²) in [4.78, 5) is 63.6. The van der Waals surface area contributed by atoms with Gasteiger partial charge in [0.1, 0.15) is 35.2 Å². The Hall–Kier alpha value is -4.47. The van der Waals surface area contributed by atoms with Crippen LogP contribution in [0.2, 0.25) is 0 Å². The lowest BCUT2D eigenvalue weighted by Crippen LogP contribution is -2.60. The highest BCUT2D eigenvalue weighted by molar-refractivity contribution is 7.91. The van der Waals surface area contributed by atoms with E-state index < -0.39 is 73.6 Å². The Labute approximate surface area is 278 Å². The molecule has 5 atom stereocenters. The number of sulfonamides is 1. The van der Waals surface area contributed by atoms with E-state index in [9.17, 15) is 32.7 Å². The highest BCUT2D eigenvalue weighted by Crippen LogP contribution is 2.47. The minimum atomic E-state index is -4.00. The van der Waals surface area contributed by atoms with Crippen molar-refractivity contribution in [2.24, 2.45) is 11.3 Å². The van der Waals surface area contributed by atoms with Gasteiger partial charge < -0.3 is 30.1 Å². The van der Waals surface area contributed by atoms with Gasteiger partial charge in [0.05, 0.1) is 29.4 Å². The van der Waals surface area contributed by atoms with Crippen LogP contribution in [0.15, 0.2) is 30.9 Å². The van der Waals surface area contributed by atoms with Gasteiger partial charge in [-0.05, 0) is 50.7 Å². The van der Waals surface area contributed by atoms with Crippen LogP contribution >= 0.6 is 0 Å². The average Bonchev–Trinajstić information content (AvgIpc) is 3.89. The number of nitrogens with zero attached hydrogens (tertiary/aromatic N) is 3. The molecule has 4 N–H and O–H groups in total. The average molecular weight is 687 g/mol. The minimum Gasteiger partial charge on any atom is -0.497 e. The number of amides is 4. The van der Waals surface area contributed by atoms with E-state index in [2.05, 4.69) is 31.9 Å². The first-order valence-electron chi connectivity index (χ1n) is 15.6. The zero-order valence-corrected chi connectivity index (χ0v) is 28.6. The molecule has 2 saturated carbocycles. The molecule has 3 fully saturated rings. The van der Waals surface area contributed by atoms with Crippen molar-refractivity contribution >= 4 is 44.9 Å². The predicted molar refractivity (Wildman–Crippen MR) is 174 cm³/mol. The molecular formula is C32H42N6O9S. The van der Waals surface area contributed by atoms with Gasteiger partial charge >= 0.3 is 6.09 Å². The van der Waals surface area contributed by atoms with Crippen LogP contribution in [-0.4, -0.2) is 94.3 Å². The van der Waals surface area contributed by atoms with Gasteiger partial charge in [-0.15, -0.1) is 6.58 Å². The molecule has 4 amide bonds. The molecule has 0 spiro atoms. The zero-order valence-electron chi connectivity index (χ0n) is 27.8. The first kappa shape index (κ1) is 34.9. The predicted octanol–water partition coefficient (Wildman–Crippen LogP) is 2.04. The highest BCUT2D eigenvalue weighted by atomic mass is 32.2. The van der Waals surface area contributed by atoms with Crippen LogP contribution in [0.25, 0.3) is 11.0 Å². The number of benzene rings is 1. The van der Waals surface area contributed by atoms with Crippen LogP contribution in [0.5, 0.6) is 11.6 Å². The normalized spacial score (nSPS) is 25.0. The summed E-state index contributed by atoms with van der Waals surface area (Å²) < 4.78 is 38.4. The van der Waals surface area contributed by atoms with Crippen molar-refractivity contribution in [2.75, 3.05) is 13.7 Å². The van der Waals surface area contributed by atoms with Gasteiger partial charge in [0, 0.05) is 18.4 Å². The van der Waals surface area contributed by atoms with E-state index in [1.165, 1.54) is 18.1 Å². The fourth-order valence-corrected chi connectivity index (χ4v) is 7.25. The zero-order chi connectivity index (χ0) is 35.4. The number of carboxylic acid groups (broad SMARTS) is 1. The molecule has 3 aliphatic rings. The number of aromatic nitrogens is 2. The number of methoxy groups -OCH3 is 1. The molecule has 1 unspecified atom stereocenters. The number of fused-ring (bicyclic) bond motifs is 1. The SMILES string of the molecule is C=C[C@@H]1C[C@]1(NC(=O)[C@@H]1C[C@@H](Oc2nc3cc(OC)ccc3nc2C)CN1C(=O)C(NC(=O)O)C(C)(C)C)C(=O)NS(=O)(=O)C1(C)CC1. The van der Waals surface area contributed by atoms with E-state index in [4.69, 9.17) is 9.47 Å². The van der Waals surface area contributed by atoms with Crippen LogP contribution in [0, 0.1) is 18.3 Å². The third-order valence-corrected chi connectivity index (χ3v) is 11.6. The van der Waals surface area contributed by atoms with E-state index in [-0.39, 0.29) is 25.3 Å². The van der Waals surface area contributed by atoms with Crippen molar-refractivity contribution in [3.05, 3.63) is 36.5 Å². The molecule has 1 aromatic carbocycles. The Kier molecular flexibility index (Phi) is 8.86. The summed E-state index contributed by atoms with van der Waals surface area (Å²) in [6.07, 6.45) is 0.176. The van der Waals surface area contributed by atoms with Crippen molar-refractivity contribution < 1.29 is 42.2 Å². The number of hydrogen-bond acceptors (Lipinski definition) is 10. The van der Waals surface area contributed by atoms with Gasteiger partial charge in [-0.2, -0.15) is 0 Å². The van der Waals surface area contributed by atoms with Gasteiger partial charge in [-0.3, -0.25) is 19.1 Å². The topological polar surface area (TPSA) is 206 Å². The molecule has 2 heterocycles. The number of ether oxygens (including phenoxy) is 2. The molecule has 2 aliphatic carbocycles. The van der Waals surface area contributed by atoms with E-state index in [0.29, 0.717) is 35.3 Å². The van der Waals surface area contributed by atoms with E-state index in [0.717, 1.165) is 0 Å². The number of carbonyl (C=O) groups excluding carboxylic acids is 3. The Bertz CT molecular complexity index is 1790. The van der Waals surface area contributed by atoms with Gasteiger partial charge in [-0.25, -0.2) is 23.2 Å². The maximum absolute atomic E-state index is 14.1. The molecule has 16 heteroatoms. The standard InChI is InChI=1S/C32H42N6O9S/c1-8-18-15-32(18,28(41)37-48(44,45)31(6)11-12-31)36-25(39)23-14-20(16-38(23)27(40)24(30(3,4)5)35-29(42)43)47-26-17(2)33-21-10-9-19(46-7)13-22(21)34-26/h8-10,13,18,20,23-24,35H,1,11-12,14-16H2,2-7H3,(H,36,39)(H,37,41)(H,42,43)/t18-,20-,23+,24?,32-/m1/s1. The third kappa shape index (κ3) is 6.62. The quantitative estimate of drug-likeness (QED) is 0.252. The molecule has 5 rings (SSSR count). The monoisotopic (exact) mass is 686 g/mol. The molecule has 1 saturated heterocycles. The smallest absolute Gasteiger partial charge is 0.405 e. The lowest BCUT2D eigenvalue weighted by molar-refractivity contribution is -0.142. The number of likely N-dealkylation sites (tertiary alicyclic amines) is 1. The third-order valence-electron chi connectivity index (χ3n) is 9.39. The summed E-state index contributed by atoms with van der Waals surface area (Å²) in [5.41, 5.74) is -0.899. The van der Waals surface area contributed by atoms with Gasteiger partial charge in [0.15, 0.2) is 0 Å². The molecular weight excluding hydrogens is 644 g/mol. The maximum Gasteiger partial charge on any atom is 0.405 e. The second-order valence-electron chi connectivity index (χ2n) is 14.1. The van der Waals surface area contributed by atoms with Gasteiger partial charge in [0.25, 0.3) is 5.91 Å². The van der Waals surface area contributed by atoms with Crippen LogP contribution < -0.4 is 24.8 Å². The molecule has 15 nitrogen and oxygen atoms in total.